The van der Waals surface area contributed by atoms with Crippen molar-refractivity contribution in [1.82, 2.24) is 5.32 Å². The van der Waals surface area contributed by atoms with Crippen LogP contribution in [-0.4, -0.2) is 33.3 Å². The van der Waals surface area contributed by atoms with Crippen molar-refractivity contribution in [1.29, 1.82) is 0 Å². The predicted molar refractivity (Wildman–Crippen MR) is 90.2 cm³/mol. The molecule has 2 rings (SSSR count). The van der Waals surface area contributed by atoms with Gasteiger partial charge in [-0.2, -0.15) is 0 Å². The third kappa shape index (κ3) is 3.70. The Balaban J connectivity index is 2.06. The summed E-state index contributed by atoms with van der Waals surface area (Å²) in [6, 6.07) is 8.94. The molecule has 0 aromatic heterocycles. The monoisotopic (exact) mass is 290 g/mol. The summed E-state index contributed by atoms with van der Waals surface area (Å²) in [6.45, 7) is 9.14. The van der Waals surface area contributed by atoms with Crippen LogP contribution in [0, 0.1) is 11.3 Å². The molecule has 1 aliphatic carbocycles. The Morgan fingerprint density at radius 1 is 1.38 bits per heavy atom. The van der Waals surface area contributed by atoms with Crippen molar-refractivity contribution in [2.45, 2.75) is 39.7 Å². The SMILES string of the molecule is CCNC1C(CN(C)c2cccc(OC)c2)CCC1(C)C. The Morgan fingerprint density at radius 2 is 2.14 bits per heavy atom. The van der Waals surface area contributed by atoms with Crippen molar-refractivity contribution in [3.8, 4) is 5.75 Å². The quantitative estimate of drug-likeness (QED) is 0.867. The Kier molecular flexibility index (Phi) is 5.15. The second-order valence-electron chi connectivity index (χ2n) is 6.90. The molecule has 0 saturated heterocycles. The van der Waals surface area contributed by atoms with Crippen LogP contribution in [0.5, 0.6) is 5.75 Å². The minimum absolute atomic E-state index is 0.399. The first kappa shape index (κ1) is 16.2. The van der Waals surface area contributed by atoms with Gasteiger partial charge in [-0.3, -0.25) is 0 Å². The largest absolute Gasteiger partial charge is 0.497 e. The molecule has 1 aromatic rings. The van der Waals surface area contributed by atoms with Crippen molar-refractivity contribution in [3.63, 3.8) is 0 Å². The van der Waals surface area contributed by atoms with Crippen LogP contribution in [0.3, 0.4) is 0 Å². The van der Waals surface area contributed by atoms with E-state index in [0.29, 0.717) is 17.4 Å². The molecule has 0 radical (unpaired) electrons. The van der Waals surface area contributed by atoms with Crippen LogP contribution in [0.2, 0.25) is 0 Å². The fraction of sp³-hybridized carbons (Fsp3) is 0.667. The van der Waals surface area contributed by atoms with E-state index in [-0.39, 0.29) is 0 Å². The second kappa shape index (κ2) is 6.69. The van der Waals surface area contributed by atoms with Gasteiger partial charge in [0.25, 0.3) is 0 Å². The zero-order chi connectivity index (χ0) is 15.5. The molecule has 0 aliphatic heterocycles. The first-order chi connectivity index (χ1) is 9.97. The summed E-state index contributed by atoms with van der Waals surface area (Å²) in [5.41, 5.74) is 1.63. The fourth-order valence-corrected chi connectivity index (χ4v) is 3.68. The van der Waals surface area contributed by atoms with E-state index in [2.05, 4.69) is 56.2 Å². The number of benzene rings is 1. The Labute approximate surface area is 129 Å². The van der Waals surface area contributed by atoms with Gasteiger partial charge in [-0.15, -0.1) is 0 Å². The maximum atomic E-state index is 5.33. The molecule has 0 spiro atoms. The third-order valence-corrected chi connectivity index (χ3v) is 4.90. The van der Waals surface area contributed by atoms with Gasteiger partial charge < -0.3 is 15.0 Å². The average Bonchev–Trinajstić information content (AvgIpc) is 2.75. The normalized spacial score (nSPS) is 24.0. The summed E-state index contributed by atoms with van der Waals surface area (Å²) in [5, 5.41) is 3.71. The van der Waals surface area contributed by atoms with E-state index in [1.165, 1.54) is 18.5 Å². The molecule has 1 aliphatic rings. The number of nitrogens with one attached hydrogen (secondary N) is 1. The number of anilines is 1. The van der Waals surface area contributed by atoms with E-state index in [0.717, 1.165) is 18.8 Å². The molecule has 21 heavy (non-hydrogen) atoms. The zero-order valence-corrected chi connectivity index (χ0v) is 14.1. The van der Waals surface area contributed by atoms with Gasteiger partial charge in [0.15, 0.2) is 0 Å². The van der Waals surface area contributed by atoms with Gasteiger partial charge >= 0.3 is 0 Å². The van der Waals surface area contributed by atoms with E-state index >= 15 is 0 Å². The van der Waals surface area contributed by atoms with E-state index in [1.54, 1.807) is 7.11 Å². The molecule has 118 valence electrons. The molecule has 0 bridgehead atoms. The van der Waals surface area contributed by atoms with E-state index in [9.17, 15) is 0 Å². The van der Waals surface area contributed by atoms with Gasteiger partial charge in [0.05, 0.1) is 7.11 Å². The van der Waals surface area contributed by atoms with Crippen LogP contribution in [-0.2, 0) is 0 Å². The van der Waals surface area contributed by atoms with Crippen LogP contribution in [0.25, 0.3) is 0 Å². The zero-order valence-electron chi connectivity index (χ0n) is 14.1. The lowest BCUT2D eigenvalue weighted by molar-refractivity contribution is 0.253. The van der Waals surface area contributed by atoms with Gasteiger partial charge in [-0.1, -0.05) is 26.8 Å². The van der Waals surface area contributed by atoms with Crippen molar-refractivity contribution in [2.75, 3.05) is 32.1 Å². The lowest BCUT2D eigenvalue weighted by Gasteiger charge is -2.34. The van der Waals surface area contributed by atoms with Crippen molar-refractivity contribution >= 4 is 5.69 Å². The molecule has 0 amide bonds. The van der Waals surface area contributed by atoms with Gasteiger partial charge in [-0.05, 0) is 42.9 Å². The van der Waals surface area contributed by atoms with Crippen molar-refractivity contribution < 1.29 is 4.74 Å². The molecular weight excluding hydrogens is 260 g/mol. The number of ether oxygens (including phenoxy) is 1. The standard InChI is InChI=1S/C18H30N2O/c1-6-19-17-14(10-11-18(17,2)3)13-20(4)15-8-7-9-16(12-15)21-5/h7-9,12,14,17,19H,6,10-11,13H2,1-5H3. The number of hydrogen-bond acceptors (Lipinski definition) is 3. The lowest BCUT2D eigenvalue weighted by Crippen LogP contribution is -2.45. The van der Waals surface area contributed by atoms with Gasteiger partial charge in [-0.25, -0.2) is 0 Å². The van der Waals surface area contributed by atoms with Gasteiger partial charge in [0, 0.05) is 31.4 Å². The summed E-state index contributed by atoms with van der Waals surface area (Å²) in [7, 11) is 3.91. The third-order valence-electron chi connectivity index (χ3n) is 4.90. The maximum absolute atomic E-state index is 5.33. The van der Waals surface area contributed by atoms with Crippen LogP contribution in [0.4, 0.5) is 5.69 Å². The molecule has 0 heterocycles. The average molecular weight is 290 g/mol. The Hall–Kier alpha value is -1.22. The summed E-state index contributed by atoms with van der Waals surface area (Å²) in [5.74, 6) is 1.63. The van der Waals surface area contributed by atoms with Crippen LogP contribution >= 0.6 is 0 Å². The van der Waals surface area contributed by atoms with E-state index in [4.69, 9.17) is 4.74 Å². The highest BCUT2D eigenvalue weighted by Gasteiger charge is 2.41. The van der Waals surface area contributed by atoms with E-state index in [1.807, 2.05) is 6.07 Å². The number of hydrogen-bond donors (Lipinski definition) is 1. The summed E-state index contributed by atoms with van der Waals surface area (Å²) in [6.07, 6.45) is 2.61. The molecule has 2 unspecified atom stereocenters. The van der Waals surface area contributed by atoms with E-state index < -0.39 is 0 Å². The molecular formula is C18H30N2O. The first-order valence-electron chi connectivity index (χ1n) is 8.06. The summed E-state index contributed by atoms with van der Waals surface area (Å²) >= 11 is 0. The molecule has 1 aromatic carbocycles. The van der Waals surface area contributed by atoms with Crippen molar-refractivity contribution in [2.24, 2.45) is 11.3 Å². The van der Waals surface area contributed by atoms with Crippen LogP contribution in [0.1, 0.15) is 33.6 Å². The smallest absolute Gasteiger partial charge is 0.120 e. The summed E-state index contributed by atoms with van der Waals surface area (Å²) in [4.78, 5) is 2.36. The number of methoxy groups -OCH3 is 1. The van der Waals surface area contributed by atoms with Gasteiger partial charge in [0.1, 0.15) is 5.75 Å². The molecule has 1 fully saturated rings. The van der Waals surface area contributed by atoms with Crippen LogP contribution in [0.15, 0.2) is 24.3 Å². The predicted octanol–water partition coefficient (Wildman–Crippen LogP) is 3.55. The fourth-order valence-electron chi connectivity index (χ4n) is 3.68. The number of rotatable bonds is 6. The number of nitrogens with zero attached hydrogens (tertiary/aromatic N) is 1. The molecule has 3 nitrogen and oxygen atoms in total. The van der Waals surface area contributed by atoms with Crippen LogP contribution < -0.4 is 15.0 Å². The highest BCUT2D eigenvalue weighted by molar-refractivity contribution is 5.50. The molecule has 2 atom stereocenters. The maximum Gasteiger partial charge on any atom is 0.120 e. The van der Waals surface area contributed by atoms with Crippen molar-refractivity contribution in [3.05, 3.63) is 24.3 Å². The lowest BCUT2D eigenvalue weighted by atomic mass is 9.84. The Bertz CT molecular complexity index is 458. The second-order valence-corrected chi connectivity index (χ2v) is 6.90. The molecule has 1 N–H and O–H groups in total. The van der Waals surface area contributed by atoms with Gasteiger partial charge in [0.2, 0.25) is 0 Å². The molecule has 1 saturated carbocycles. The minimum Gasteiger partial charge on any atom is -0.497 e. The highest BCUT2D eigenvalue weighted by atomic mass is 16.5. The molecule has 3 heteroatoms. The summed E-state index contributed by atoms with van der Waals surface area (Å²) < 4.78 is 5.33. The first-order valence-corrected chi connectivity index (χ1v) is 8.06. The Morgan fingerprint density at radius 3 is 2.81 bits per heavy atom. The minimum atomic E-state index is 0.399. The topological polar surface area (TPSA) is 24.5 Å². The highest BCUT2D eigenvalue weighted by Crippen LogP contribution is 2.41.